The molecule has 0 aliphatic carbocycles. The zero-order chi connectivity index (χ0) is 23.1. The van der Waals surface area contributed by atoms with Gasteiger partial charge < -0.3 is 10.0 Å². The number of aromatic amines is 1. The van der Waals surface area contributed by atoms with Crippen molar-refractivity contribution >= 4 is 25.4 Å². The van der Waals surface area contributed by atoms with Crippen molar-refractivity contribution in [2.24, 2.45) is 5.92 Å². The number of aromatic nitrogens is 4. The van der Waals surface area contributed by atoms with Crippen molar-refractivity contribution < 1.29 is 14.7 Å². The Morgan fingerprint density at radius 3 is 2.27 bits per heavy atom. The quantitative estimate of drug-likeness (QED) is 0.458. The van der Waals surface area contributed by atoms with Crippen molar-refractivity contribution in [1.82, 2.24) is 25.5 Å². The maximum atomic E-state index is 12.9. The normalized spacial score (nSPS) is 11.6. The van der Waals surface area contributed by atoms with Crippen LogP contribution < -0.4 is 0 Å². The van der Waals surface area contributed by atoms with Crippen molar-refractivity contribution in [3.8, 4) is 22.5 Å². The fourth-order valence-electron chi connectivity index (χ4n) is 3.78. The first-order chi connectivity index (χ1) is 15.4. The number of carbonyl (C=O) groups is 2. The predicted octanol–water partition coefficient (Wildman–Crippen LogP) is 4.27. The van der Waals surface area contributed by atoms with Crippen LogP contribution in [0.15, 0.2) is 48.5 Å². The van der Waals surface area contributed by atoms with E-state index in [0.717, 1.165) is 35.1 Å². The minimum atomic E-state index is -0.976. The summed E-state index contributed by atoms with van der Waals surface area (Å²) in [4.78, 5) is 26.3. The number of H-pyrrole nitrogens is 1. The molecule has 1 amide bonds. The summed E-state index contributed by atoms with van der Waals surface area (Å²) in [7, 11) is 0. The van der Waals surface area contributed by atoms with Gasteiger partial charge in [-0.2, -0.15) is 18.7 Å². The van der Waals surface area contributed by atoms with E-state index in [4.69, 9.17) is 0 Å². The van der Waals surface area contributed by atoms with Crippen LogP contribution in [0, 0.1) is 5.92 Å². The number of carbonyl (C=O) groups excluding carboxylic acids is 1. The lowest BCUT2D eigenvalue weighted by atomic mass is 9.97. The van der Waals surface area contributed by atoms with Gasteiger partial charge in [0.1, 0.15) is 6.04 Å². The Balaban J connectivity index is 0.00000385. The Labute approximate surface area is 200 Å². The summed E-state index contributed by atoms with van der Waals surface area (Å²) in [5, 5.41) is 24.0. The van der Waals surface area contributed by atoms with Crippen molar-refractivity contribution in [2.45, 2.75) is 52.6 Å². The van der Waals surface area contributed by atoms with Gasteiger partial charge >= 0.3 is 5.97 Å². The van der Waals surface area contributed by atoms with Gasteiger partial charge in [-0.05, 0) is 34.2 Å². The van der Waals surface area contributed by atoms with Crippen LogP contribution >= 0.6 is 13.5 Å². The highest BCUT2D eigenvalue weighted by molar-refractivity contribution is 7.59. The summed E-state index contributed by atoms with van der Waals surface area (Å²) in [6, 6.07) is 14.7. The minimum absolute atomic E-state index is 0. The van der Waals surface area contributed by atoms with E-state index in [-0.39, 0.29) is 31.9 Å². The standard InChI is InChI=1S/C24H29N5O3.H2S/c1-4-5-10-21(30)29(22(16(2)3)24(31)32)15-17-11-13-18(14-12-17)19-8-6-7-9-20(19)23-25-27-28-26-23;/h6-9,11-14,16,22H,4-5,10,15H2,1-3H3,(H,31,32)(H,25,26,27,28);1H2/t22-;/m0./s1. The van der Waals surface area contributed by atoms with Crippen LogP contribution in [0.3, 0.4) is 0 Å². The maximum absolute atomic E-state index is 12.9. The second-order valence-electron chi connectivity index (χ2n) is 8.13. The molecule has 0 aliphatic heterocycles. The van der Waals surface area contributed by atoms with E-state index >= 15 is 0 Å². The SMILES string of the molecule is CCCCC(=O)N(Cc1ccc(-c2ccccc2-c2nn[nH]n2)cc1)[C@H](C(=O)O)C(C)C.S. The number of nitrogens with one attached hydrogen (secondary N) is 1. The number of hydrogen-bond acceptors (Lipinski definition) is 5. The van der Waals surface area contributed by atoms with E-state index in [2.05, 4.69) is 20.6 Å². The molecule has 2 aromatic carbocycles. The predicted molar refractivity (Wildman–Crippen MR) is 132 cm³/mol. The largest absolute Gasteiger partial charge is 0.480 e. The lowest BCUT2D eigenvalue weighted by Gasteiger charge is -2.32. The number of carboxylic acid groups (broad SMARTS) is 1. The van der Waals surface area contributed by atoms with Gasteiger partial charge in [0.25, 0.3) is 0 Å². The van der Waals surface area contributed by atoms with Crippen LogP contribution in [-0.4, -0.2) is 48.5 Å². The molecule has 0 radical (unpaired) electrons. The topological polar surface area (TPSA) is 112 Å². The fourth-order valence-corrected chi connectivity index (χ4v) is 3.78. The summed E-state index contributed by atoms with van der Waals surface area (Å²) in [6.07, 6.45) is 1.97. The van der Waals surface area contributed by atoms with E-state index < -0.39 is 12.0 Å². The number of aliphatic carboxylic acids is 1. The monoisotopic (exact) mass is 469 g/mol. The molecule has 3 rings (SSSR count). The molecule has 0 unspecified atom stereocenters. The molecule has 0 aliphatic rings. The number of nitrogens with zero attached hydrogens (tertiary/aromatic N) is 4. The third-order valence-corrected chi connectivity index (χ3v) is 5.42. The molecule has 0 fully saturated rings. The van der Waals surface area contributed by atoms with Crippen LogP contribution in [0.25, 0.3) is 22.5 Å². The van der Waals surface area contributed by atoms with E-state index in [9.17, 15) is 14.7 Å². The van der Waals surface area contributed by atoms with Gasteiger partial charge in [-0.15, -0.1) is 10.2 Å². The molecule has 0 spiro atoms. The molecule has 0 bridgehead atoms. The third kappa shape index (κ3) is 6.41. The zero-order valence-electron chi connectivity index (χ0n) is 19.2. The molecule has 176 valence electrons. The maximum Gasteiger partial charge on any atom is 0.326 e. The van der Waals surface area contributed by atoms with Crippen LogP contribution in [0.4, 0.5) is 0 Å². The van der Waals surface area contributed by atoms with E-state index in [1.807, 2.05) is 69.3 Å². The summed E-state index contributed by atoms with van der Waals surface area (Å²) in [6.45, 7) is 5.93. The summed E-state index contributed by atoms with van der Waals surface area (Å²) in [5.41, 5.74) is 3.66. The zero-order valence-corrected chi connectivity index (χ0v) is 20.2. The van der Waals surface area contributed by atoms with Crippen LogP contribution in [0.2, 0.25) is 0 Å². The van der Waals surface area contributed by atoms with Gasteiger partial charge in [-0.1, -0.05) is 75.7 Å². The highest BCUT2D eigenvalue weighted by Gasteiger charge is 2.32. The summed E-state index contributed by atoms with van der Waals surface area (Å²) in [5.74, 6) is -0.784. The molecule has 2 N–H and O–H groups in total. The van der Waals surface area contributed by atoms with Gasteiger partial charge in [0.05, 0.1) is 0 Å². The Morgan fingerprint density at radius 1 is 1.06 bits per heavy atom. The smallest absolute Gasteiger partial charge is 0.326 e. The highest BCUT2D eigenvalue weighted by atomic mass is 32.1. The third-order valence-electron chi connectivity index (χ3n) is 5.42. The first-order valence-corrected chi connectivity index (χ1v) is 10.9. The average Bonchev–Trinajstić information content (AvgIpc) is 3.32. The highest BCUT2D eigenvalue weighted by Crippen LogP contribution is 2.30. The Kier molecular flexibility index (Phi) is 9.59. The van der Waals surface area contributed by atoms with Gasteiger partial charge in [0.2, 0.25) is 11.7 Å². The molecule has 0 saturated heterocycles. The van der Waals surface area contributed by atoms with E-state index in [1.54, 1.807) is 0 Å². The Hall–Kier alpha value is -3.20. The molecular weight excluding hydrogens is 438 g/mol. The van der Waals surface area contributed by atoms with Gasteiger partial charge in [0.15, 0.2) is 0 Å². The minimum Gasteiger partial charge on any atom is -0.480 e. The molecule has 1 aromatic heterocycles. The first-order valence-electron chi connectivity index (χ1n) is 10.9. The van der Waals surface area contributed by atoms with Crippen LogP contribution in [-0.2, 0) is 16.1 Å². The number of hydrogen-bond donors (Lipinski definition) is 2. The van der Waals surface area contributed by atoms with E-state index in [0.29, 0.717) is 12.2 Å². The molecule has 8 nitrogen and oxygen atoms in total. The van der Waals surface area contributed by atoms with Crippen LogP contribution in [0.5, 0.6) is 0 Å². The fraction of sp³-hybridized carbons (Fsp3) is 0.375. The van der Waals surface area contributed by atoms with Crippen molar-refractivity contribution in [3.63, 3.8) is 0 Å². The van der Waals surface area contributed by atoms with Gasteiger partial charge in [0, 0.05) is 18.5 Å². The molecule has 0 saturated carbocycles. The number of carboxylic acids is 1. The Bertz CT molecular complexity index is 1040. The number of unbranched alkanes of at least 4 members (excludes halogenated alkanes) is 1. The number of rotatable bonds is 10. The number of amides is 1. The molecule has 1 atom stereocenters. The molecule has 1 heterocycles. The molecular formula is C24H31N5O3S. The van der Waals surface area contributed by atoms with Crippen molar-refractivity contribution in [1.29, 1.82) is 0 Å². The summed E-state index contributed by atoms with van der Waals surface area (Å²) < 4.78 is 0. The molecule has 3 aromatic rings. The van der Waals surface area contributed by atoms with Crippen LogP contribution in [0.1, 0.15) is 45.6 Å². The second kappa shape index (κ2) is 12.2. The second-order valence-corrected chi connectivity index (χ2v) is 8.13. The summed E-state index contributed by atoms with van der Waals surface area (Å²) >= 11 is 0. The van der Waals surface area contributed by atoms with Crippen molar-refractivity contribution in [3.05, 3.63) is 54.1 Å². The molecule has 33 heavy (non-hydrogen) atoms. The lowest BCUT2D eigenvalue weighted by Crippen LogP contribution is -2.47. The van der Waals surface area contributed by atoms with Gasteiger partial charge in [-0.25, -0.2) is 4.79 Å². The number of benzene rings is 2. The van der Waals surface area contributed by atoms with E-state index in [1.165, 1.54) is 4.90 Å². The van der Waals surface area contributed by atoms with Crippen molar-refractivity contribution in [2.75, 3.05) is 0 Å². The average molecular weight is 470 g/mol. The van der Waals surface area contributed by atoms with Gasteiger partial charge in [-0.3, -0.25) is 4.79 Å². The Morgan fingerprint density at radius 2 is 1.73 bits per heavy atom. The number of tetrazole rings is 1. The molecule has 9 heteroatoms. The first kappa shape index (κ1) is 26.1. The lowest BCUT2D eigenvalue weighted by molar-refractivity contribution is -0.153.